The number of nitrogens with one attached hydrogen (secondary N) is 1. The van der Waals surface area contributed by atoms with Gasteiger partial charge in [-0.1, -0.05) is 23.7 Å². The normalized spacial score (nSPS) is 18.7. The fraction of sp³-hybridized carbons (Fsp3) is 0.632. The first kappa shape index (κ1) is 23.5. The second-order valence-corrected chi connectivity index (χ2v) is 7.45. The highest BCUT2D eigenvalue weighted by Gasteiger charge is 2.22. The van der Waals surface area contributed by atoms with Gasteiger partial charge in [-0.3, -0.25) is 9.69 Å². The van der Waals surface area contributed by atoms with Crippen LogP contribution in [0.3, 0.4) is 0 Å². The monoisotopic (exact) mass is 421 g/mol. The Balaban J connectivity index is 0.00000169. The van der Waals surface area contributed by atoms with Crippen molar-refractivity contribution in [2.45, 2.75) is 32.2 Å². The fourth-order valence-electron chi connectivity index (χ4n) is 3.66. The summed E-state index contributed by atoms with van der Waals surface area (Å²) in [7, 11) is 0. The highest BCUT2D eigenvalue weighted by atomic mass is 35.5. The van der Waals surface area contributed by atoms with Crippen LogP contribution in [-0.2, 0) is 11.3 Å². The number of piperazine rings is 1. The summed E-state index contributed by atoms with van der Waals surface area (Å²) in [4.78, 5) is 16.9. The summed E-state index contributed by atoms with van der Waals surface area (Å²) in [5, 5.41) is 4.17. The van der Waals surface area contributed by atoms with E-state index in [1.165, 1.54) is 18.4 Å². The fourth-order valence-corrected chi connectivity index (χ4v) is 3.79. The van der Waals surface area contributed by atoms with Gasteiger partial charge in [0.2, 0.25) is 5.91 Å². The Labute approximate surface area is 174 Å². The van der Waals surface area contributed by atoms with E-state index in [2.05, 4.69) is 27.2 Å². The van der Waals surface area contributed by atoms with E-state index in [1.807, 2.05) is 12.1 Å². The van der Waals surface area contributed by atoms with Crippen molar-refractivity contribution in [3.8, 4) is 0 Å². The minimum Gasteiger partial charge on any atom is -0.340 e. The Morgan fingerprint density at radius 3 is 2.27 bits per heavy atom. The first-order valence-electron chi connectivity index (χ1n) is 9.16. The number of hydrogen-bond acceptors (Lipinski definition) is 3. The van der Waals surface area contributed by atoms with Gasteiger partial charge in [0, 0.05) is 44.2 Å². The van der Waals surface area contributed by atoms with Gasteiger partial charge >= 0.3 is 0 Å². The van der Waals surface area contributed by atoms with Crippen LogP contribution in [0.25, 0.3) is 0 Å². The molecular weight excluding hydrogens is 393 g/mol. The van der Waals surface area contributed by atoms with Crippen molar-refractivity contribution in [3.05, 3.63) is 34.9 Å². The summed E-state index contributed by atoms with van der Waals surface area (Å²) in [6.07, 6.45) is 4.23. The first-order chi connectivity index (χ1) is 11.7. The molecule has 0 spiro atoms. The lowest BCUT2D eigenvalue weighted by Crippen LogP contribution is -2.48. The number of rotatable bonds is 5. The second-order valence-electron chi connectivity index (χ2n) is 7.02. The molecular formula is C19H30Cl3N3O. The molecule has 1 aromatic carbocycles. The molecule has 2 aliphatic heterocycles. The van der Waals surface area contributed by atoms with Crippen molar-refractivity contribution in [2.24, 2.45) is 5.92 Å². The maximum atomic E-state index is 12.4. The van der Waals surface area contributed by atoms with Gasteiger partial charge in [-0.05, 0) is 56.0 Å². The van der Waals surface area contributed by atoms with Crippen molar-refractivity contribution in [3.63, 3.8) is 0 Å². The lowest BCUT2D eigenvalue weighted by Gasteiger charge is -2.35. The Kier molecular flexibility index (Phi) is 10.9. The van der Waals surface area contributed by atoms with Gasteiger partial charge in [0.1, 0.15) is 0 Å². The van der Waals surface area contributed by atoms with Crippen molar-refractivity contribution in [1.82, 2.24) is 15.1 Å². The van der Waals surface area contributed by atoms with E-state index in [0.29, 0.717) is 5.91 Å². The molecule has 0 bridgehead atoms. The van der Waals surface area contributed by atoms with Crippen LogP contribution in [0.4, 0.5) is 0 Å². The van der Waals surface area contributed by atoms with Crippen molar-refractivity contribution < 1.29 is 4.79 Å². The molecule has 0 unspecified atom stereocenters. The van der Waals surface area contributed by atoms with E-state index in [-0.39, 0.29) is 24.8 Å². The largest absolute Gasteiger partial charge is 0.340 e. The van der Waals surface area contributed by atoms with Gasteiger partial charge in [-0.2, -0.15) is 0 Å². The maximum absolute atomic E-state index is 12.4. The number of amides is 1. The maximum Gasteiger partial charge on any atom is 0.222 e. The molecule has 0 saturated carbocycles. The number of nitrogens with zero attached hydrogens (tertiary/aromatic N) is 2. The van der Waals surface area contributed by atoms with Crippen LogP contribution in [0, 0.1) is 5.92 Å². The molecule has 0 radical (unpaired) electrons. The third-order valence-electron chi connectivity index (χ3n) is 5.27. The minimum absolute atomic E-state index is 0. The molecule has 1 aromatic rings. The van der Waals surface area contributed by atoms with Crippen molar-refractivity contribution >= 4 is 42.3 Å². The highest BCUT2D eigenvalue weighted by molar-refractivity contribution is 6.30. The van der Waals surface area contributed by atoms with Gasteiger partial charge in [0.05, 0.1) is 0 Å². The average molecular weight is 423 g/mol. The zero-order chi connectivity index (χ0) is 16.8. The summed E-state index contributed by atoms with van der Waals surface area (Å²) in [5.74, 6) is 1.08. The van der Waals surface area contributed by atoms with E-state index in [9.17, 15) is 4.79 Å². The number of halogens is 3. The number of carbonyl (C=O) groups is 1. The number of benzene rings is 1. The smallest absolute Gasteiger partial charge is 0.222 e. The highest BCUT2D eigenvalue weighted by Crippen LogP contribution is 2.19. The zero-order valence-corrected chi connectivity index (χ0v) is 17.6. The molecule has 26 heavy (non-hydrogen) atoms. The standard InChI is InChI=1S/C19H28ClN3O.2ClH/c20-18-4-1-17(2-5-18)15-22-11-13-23(14-12-22)19(24)6-3-16-7-9-21-10-8-16;;/h1-2,4-5,16,21H,3,6-15H2;2*1H. The van der Waals surface area contributed by atoms with Gasteiger partial charge in [-0.15, -0.1) is 24.8 Å². The van der Waals surface area contributed by atoms with Gasteiger partial charge in [0.15, 0.2) is 0 Å². The topological polar surface area (TPSA) is 35.6 Å². The summed E-state index contributed by atoms with van der Waals surface area (Å²) < 4.78 is 0. The average Bonchev–Trinajstić information content (AvgIpc) is 2.63. The molecule has 2 fully saturated rings. The minimum atomic E-state index is 0. The third kappa shape index (κ3) is 7.24. The van der Waals surface area contributed by atoms with E-state index < -0.39 is 0 Å². The molecule has 7 heteroatoms. The van der Waals surface area contributed by atoms with Crippen LogP contribution in [0.15, 0.2) is 24.3 Å². The molecule has 0 aromatic heterocycles. The number of piperidine rings is 1. The van der Waals surface area contributed by atoms with Gasteiger partial charge < -0.3 is 10.2 Å². The van der Waals surface area contributed by atoms with E-state index in [0.717, 1.165) is 69.6 Å². The predicted molar refractivity (Wildman–Crippen MR) is 113 cm³/mol. The Bertz CT molecular complexity index is 527. The molecule has 1 N–H and O–H groups in total. The second kappa shape index (κ2) is 12.0. The Hall–Kier alpha value is -0.520. The molecule has 2 heterocycles. The van der Waals surface area contributed by atoms with Crippen LogP contribution in [0.2, 0.25) is 5.02 Å². The van der Waals surface area contributed by atoms with Crippen LogP contribution in [-0.4, -0.2) is 55.0 Å². The lowest BCUT2D eigenvalue weighted by molar-refractivity contribution is -0.133. The molecule has 0 aliphatic carbocycles. The van der Waals surface area contributed by atoms with Gasteiger partial charge in [0.25, 0.3) is 0 Å². The Morgan fingerprint density at radius 1 is 1.04 bits per heavy atom. The van der Waals surface area contributed by atoms with Crippen LogP contribution >= 0.6 is 36.4 Å². The number of carbonyl (C=O) groups excluding carboxylic acids is 1. The summed E-state index contributed by atoms with van der Waals surface area (Å²) >= 11 is 5.93. The van der Waals surface area contributed by atoms with E-state index in [1.54, 1.807) is 0 Å². The van der Waals surface area contributed by atoms with Crippen molar-refractivity contribution in [1.29, 1.82) is 0 Å². The SMILES string of the molecule is Cl.Cl.O=C(CCC1CCNCC1)N1CCN(Cc2ccc(Cl)cc2)CC1. The molecule has 1 amide bonds. The van der Waals surface area contributed by atoms with Crippen LogP contribution in [0.1, 0.15) is 31.2 Å². The molecule has 4 nitrogen and oxygen atoms in total. The lowest BCUT2D eigenvalue weighted by atomic mass is 9.93. The quantitative estimate of drug-likeness (QED) is 0.787. The molecule has 2 aliphatic rings. The third-order valence-corrected chi connectivity index (χ3v) is 5.52. The van der Waals surface area contributed by atoms with E-state index in [4.69, 9.17) is 11.6 Å². The van der Waals surface area contributed by atoms with Crippen LogP contribution < -0.4 is 5.32 Å². The summed E-state index contributed by atoms with van der Waals surface area (Å²) in [6.45, 7) is 6.81. The summed E-state index contributed by atoms with van der Waals surface area (Å²) in [6, 6.07) is 8.05. The molecule has 148 valence electrons. The van der Waals surface area contributed by atoms with Gasteiger partial charge in [-0.25, -0.2) is 0 Å². The molecule has 2 saturated heterocycles. The van der Waals surface area contributed by atoms with Crippen molar-refractivity contribution in [2.75, 3.05) is 39.3 Å². The van der Waals surface area contributed by atoms with Crippen LogP contribution in [0.5, 0.6) is 0 Å². The zero-order valence-electron chi connectivity index (χ0n) is 15.2. The predicted octanol–water partition coefficient (Wildman–Crippen LogP) is 3.61. The number of hydrogen-bond donors (Lipinski definition) is 1. The first-order valence-corrected chi connectivity index (χ1v) is 9.54. The Morgan fingerprint density at radius 2 is 1.65 bits per heavy atom. The van der Waals surface area contributed by atoms with E-state index >= 15 is 0 Å². The summed E-state index contributed by atoms with van der Waals surface area (Å²) in [5.41, 5.74) is 1.28. The molecule has 0 atom stereocenters. The molecule has 3 rings (SSSR count).